The van der Waals surface area contributed by atoms with Crippen LogP contribution < -0.4 is 10.2 Å². The highest BCUT2D eigenvalue weighted by Crippen LogP contribution is 2.26. The van der Waals surface area contributed by atoms with Crippen LogP contribution in [0.5, 0.6) is 0 Å². The van der Waals surface area contributed by atoms with Crippen molar-refractivity contribution in [3.63, 3.8) is 0 Å². The summed E-state index contributed by atoms with van der Waals surface area (Å²) in [6, 6.07) is 8.05. The number of nitrogens with zero attached hydrogens (tertiary/aromatic N) is 2. The first-order valence-electron chi connectivity index (χ1n) is 6.87. The molecular formula is C15H19N3O2S. The highest BCUT2D eigenvalue weighted by molar-refractivity contribution is 7.15. The minimum absolute atomic E-state index is 0.113. The van der Waals surface area contributed by atoms with Crippen LogP contribution in [0.2, 0.25) is 0 Å². The molecule has 0 aliphatic carbocycles. The number of aromatic carboxylic acids is 1. The standard InChI is InChI=1S/C15H19N3O2S/c1-4-18(5-2)12-8-6-11(7-9-12)16-15-17-13(14(19)20)10(3)21-15/h6-9H,4-5H2,1-3H3,(H,16,17)(H,19,20). The van der Waals surface area contributed by atoms with Crippen LogP contribution >= 0.6 is 11.3 Å². The van der Waals surface area contributed by atoms with Gasteiger partial charge in [-0.05, 0) is 45.0 Å². The second kappa shape index (κ2) is 6.58. The van der Waals surface area contributed by atoms with Crippen molar-refractivity contribution in [1.82, 2.24) is 4.98 Å². The molecule has 1 aromatic heterocycles. The third-order valence-electron chi connectivity index (χ3n) is 3.25. The monoisotopic (exact) mass is 305 g/mol. The van der Waals surface area contributed by atoms with Crippen molar-refractivity contribution in [2.75, 3.05) is 23.3 Å². The molecule has 0 saturated carbocycles. The Labute approximate surface area is 128 Å². The predicted molar refractivity (Wildman–Crippen MR) is 87.1 cm³/mol. The Morgan fingerprint density at radius 2 is 1.90 bits per heavy atom. The third-order valence-corrected chi connectivity index (χ3v) is 4.13. The molecule has 0 unspecified atom stereocenters. The number of nitrogens with one attached hydrogen (secondary N) is 1. The number of anilines is 3. The first-order chi connectivity index (χ1) is 10.0. The number of hydrogen-bond donors (Lipinski definition) is 2. The number of thiazole rings is 1. The van der Waals surface area contributed by atoms with E-state index in [1.807, 2.05) is 24.3 Å². The highest BCUT2D eigenvalue weighted by Gasteiger charge is 2.14. The molecule has 0 aliphatic rings. The van der Waals surface area contributed by atoms with Gasteiger partial charge < -0.3 is 15.3 Å². The fourth-order valence-electron chi connectivity index (χ4n) is 2.12. The average Bonchev–Trinajstić information content (AvgIpc) is 2.83. The summed E-state index contributed by atoms with van der Waals surface area (Å²) in [5, 5.41) is 12.8. The lowest BCUT2D eigenvalue weighted by atomic mass is 10.2. The molecule has 0 aliphatic heterocycles. The number of benzene rings is 1. The maximum absolute atomic E-state index is 11.0. The van der Waals surface area contributed by atoms with E-state index in [4.69, 9.17) is 5.11 Å². The predicted octanol–water partition coefficient (Wildman–Crippen LogP) is 3.74. The van der Waals surface area contributed by atoms with Crippen molar-refractivity contribution in [1.29, 1.82) is 0 Å². The number of aryl methyl sites for hydroxylation is 1. The van der Waals surface area contributed by atoms with Crippen molar-refractivity contribution < 1.29 is 9.90 Å². The van der Waals surface area contributed by atoms with Gasteiger partial charge in [0.25, 0.3) is 0 Å². The summed E-state index contributed by atoms with van der Waals surface area (Å²) in [5.74, 6) is -0.992. The van der Waals surface area contributed by atoms with Crippen LogP contribution in [0.25, 0.3) is 0 Å². The Morgan fingerprint density at radius 3 is 2.38 bits per heavy atom. The molecule has 1 aromatic carbocycles. The number of aromatic nitrogens is 1. The molecule has 2 N–H and O–H groups in total. The van der Waals surface area contributed by atoms with Crippen molar-refractivity contribution in [2.24, 2.45) is 0 Å². The van der Waals surface area contributed by atoms with Gasteiger partial charge in [0, 0.05) is 29.3 Å². The summed E-state index contributed by atoms with van der Waals surface area (Å²) in [7, 11) is 0. The first-order valence-corrected chi connectivity index (χ1v) is 7.69. The van der Waals surface area contributed by atoms with Gasteiger partial charge in [-0.3, -0.25) is 0 Å². The topological polar surface area (TPSA) is 65.5 Å². The van der Waals surface area contributed by atoms with Crippen molar-refractivity contribution in [3.8, 4) is 0 Å². The van der Waals surface area contributed by atoms with Crippen LogP contribution in [-0.4, -0.2) is 29.1 Å². The highest BCUT2D eigenvalue weighted by atomic mass is 32.1. The fourth-order valence-corrected chi connectivity index (χ4v) is 2.94. The largest absolute Gasteiger partial charge is 0.476 e. The van der Waals surface area contributed by atoms with Crippen molar-refractivity contribution in [2.45, 2.75) is 20.8 Å². The van der Waals surface area contributed by atoms with E-state index < -0.39 is 5.97 Å². The van der Waals surface area contributed by atoms with Crippen LogP contribution in [-0.2, 0) is 0 Å². The van der Waals surface area contributed by atoms with Gasteiger partial charge in [0.2, 0.25) is 0 Å². The maximum Gasteiger partial charge on any atom is 0.355 e. The molecule has 2 rings (SSSR count). The first kappa shape index (κ1) is 15.3. The molecule has 112 valence electrons. The zero-order valence-corrected chi connectivity index (χ0v) is 13.2. The molecule has 5 nitrogen and oxygen atoms in total. The molecule has 0 amide bonds. The van der Waals surface area contributed by atoms with Crippen LogP contribution in [0.3, 0.4) is 0 Å². The number of carboxylic acid groups (broad SMARTS) is 1. The fraction of sp³-hybridized carbons (Fsp3) is 0.333. The van der Waals surface area contributed by atoms with E-state index in [0.717, 1.165) is 18.8 Å². The number of carboxylic acids is 1. The quantitative estimate of drug-likeness (QED) is 0.851. The Bertz CT molecular complexity index is 618. The number of hydrogen-bond acceptors (Lipinski definition) is 5. The van der Waals surface area contributed by atoms with E-state index in [2.05, 4.69) is 29.0 Å². The number of carbonyl (C=O) groups is 1. The second-order valence-electron chi connectivity index (χ2n) is 4.57. The molecule has 0 radical (unpaired) electrons. The molecule has 0 atom stereocenters. The third kappa shape index (κ3) is 3.52. The lowest BCUT2D eigenvalue weighted by molar-refractivity contribution is 0.0690. The smallest absolute Gasteiger partial charge is 0.355 e. The van der Waals surface area contributed by atoms with E-state index in [0.29, 0.717) is 10.0 Å². The van der Waals surface area contributed by atoms with Gasteiger partial charge in [0.1, 0.15) is 0 Å². The Morgan fingerprint density at radius 1 is 1.29 bits per heavy atom. The minimum Gasteiger partial charge on any atom is -0.476 e. The number of rotatable bonds is 6. The lowest BCUT2D eigenvalue weighted by Gasteiger charge is -2.21. The Balaban J connectivity index is 2.13. The lowest BCUT2D eigenvalue weighted by Crippen LogP contribution is -2.21. The van der Waals surface area contributed by atoms with E-state index in [1.165, 1.54) is 17.0 Å². The summed E-state index contributed by atoms with van der Waals surface area (Å²) in [5.41, 5.74) is 2.19. The molecule has 2 aromatic rings. The van der Waals surface area contributed by atoms with Gasteiger partial charge in [0.15, 0.2) is 10.8 Å². The minimum atomic E-state index is -0.992. The molecule has 1 heterocycles. The summed E-state index contributed by atoms with van der Waals surface area (Å²) in [6.45, 7) is 7.95. The van der Waals surface area contributed by atoms with E-state index >= 15 is 0 Å². The van der Waals surface area contributed by atoms with Gasteiger partial charge >= 0.3 is 5.97 Å². The molecule has 0 saturated heterocycles. The van der Waals surface area contributed by atoms with Gasteiger partial charge in [-0.1, -0.05) is 0 Å². The summed E-state index contributed by atoms with van der Waals surface area (Å²) >= 11 is 1.34. The summed E-state index contributed by atoms with van der Waals surface area (Å²) in [6.07, 6.45) is 0. The summed E-state index contributed by atoms with van der Waals surface area (Å²) in [4.78, 5) is 18.0. The van der Waals surface area contributed by atoms with Gasteiger partial charge in [0.05, 0.1) is 0 Å². The van der Waals surface area contributed by atoms with Crippen molar-refractivity contribution >= 4 is 33.8 Å². The SMILES string of the molecule is CCN(CC)c1ccc(Nc2nc(C(=O)O)c(C)s2)cc1. The molecule has 0 spiro atoms. The Hall–Kier alpha value is -2.08. The van der Waals surface area contributed by atoms with E-state index in [-0.39, 0.29) is 5.69 Å². The van der Waals surface area contributed by atoms with Gasteiger partial charge in [-0.25, -0.2) is 9.78 Å². The Kier molecular flexibility index (Phi) is 4.80. The molecular weight excluding hydrogens is 286 g/mol. The normalized spacial score (nSPS) is 10.4. The van der Waals surface area contributed by atoms with Gasteiger partial charge in [-0.2, -0.15) is 0 Å². The second-order valence-corrected chi connectivity index (χ2v) is 5.78. The maximum atomic E-state index is 11.0. The molecule has 0 fully saturated rings. The summed E-state index contributed by atoms with van der Waals surface area (Å²) < 4.78 is 0. The van der Waals surface area contributed by atoms with Crippen LogP contribution in [0, 0.1) is 6.92 Å². The zero-order chi connectivity index (χ0) is 15.4. The molecule has 6 heteroatoms. The van der Waals surface area contributed by atoms with Gasteiger partial charge in [-0.15, -0.1) is 11.3 Å². The van der Waals surface area contributed by atoms with Crippen LogP contribution in [0.4, 0.5) is 16.5 Å². The average molecular weight is 305 g/mol. The molecule has 21 heavy (non-hydrogen) atoms. The zero-order valence-electron chi connectivity index (χ0n) is 12.4. The van der Waals surface area contributed by atoms with Crippen LogP contribution in [0.15, 0.2) is 24.3 Å². The van der Waals surface area contributed by atoms with E-state index in [1.54, 1.807) is 6.92 Å². The van der Waals surface area contributed by atoms with Crippen LogP contribution in [0.1, 0.15) is 29.2 Å². The molecule has 0 bridgehead atoms. The van der Waals surface area contributed by atoms with Crippen molar-refractivity contribution in [3.05, 3.63) is 34.8 Å². The van der Waals surface area contributed by atoms with E-state index in [9.17, 15) is 4.79 Å².